The van der Waals surface area contributed by atoms with Crippen LogP contribution in [0.1, 0.15) is 29.9 Å². The number of aliphatic hydroxyl groups is 1. The number of aromatic nitrogens is 1. The second kappa shape index (κ2) is 9.33. The van der Waals surface area contributed by atoms with Gasteiger partial charge in [-0.1, -0.05) is 0 Å². The van der Waals surface area contributed by atoms with Crippen LogP contribution in [-0.2, 0) is 26.0 Å². The Balaban J connectivity index is 1.37. The predicted octanol–water partition coefficient (Wildman–Crippen LogP) is 4.94. The second-order valence-electron chi connectivity index (χ2n) is 8.25. The molecule has 0 spiro atoms. The van der Waals surface area contributed by atoms with Gasteiger partial charge in [0.05, 0.1) is 0 Å². The van der Waals surface area contributed by atoms with Crippen LogP contribution in [0.25, 0.3) is 10.9 Å². The zero-order chi connectivity index (χ0) is 22.1. The molecular weight excluding hydrogens is 444 g/mol. The molecule has 2 aromatic carbocycles. The van der Waals surface area contributed by atoms with E-state index in [1.807, 2.05) is 54.7 Å². The summed E-state index contributed by atoms with van der Waals surface area (Å²) < 4.78 is 22.4. The third kappa shape index (κ3) is 4.34. The van der Waals surface area contributed by atoms with Crippen LogP contribution in [0.5, 0.6) is 0 Å². The number of H-pyrrole nitrogens is 1. The number of nitrogens with one attached hydrogen (secondary N) is 2. The summed E-state index contributed by atoms with van der Waals surface area (Å²) in [7, 11) is -1.51. The fraction of sp³-hybridized carbons (Fsp3) is 0.280. The number of para-hydroxylation sites is 1. The van der Waals surface area contributed by atoms with Crippen LogP contribution in [0.3, 0.4) is 0 Å². The van der Waals surface area contributed by atoms with Crippen molar-refractivity contribution >= 4 is 33.3 Å². The first kappa shape index (κ1) is 21.6. The van der Waals surface area contributed by atoms with Crippen molar-refractivity contribution in [3.63, 3.8) is 0 Å². The average molecular weight is 469 g/mol. The molecule has 3 N–H and O–H groups in total. The van der Waals surface area contributed by atoms with E-state index in [-0.39, 0.29) is 18.6 Å². The molecule has 2 heterocycles. The van der Waals surface area contributed by atoms with Gasteiger partial charge in [0.1, 0.15) is 0 Å². The number of allylic oxidation sites excluding steroid dienone is 1. The van der Waals surface area contributed by atoms with Gasteiger partial charge in [-0.3, -0.25) is 0 Å². The van der Waals surface area contributed by atoms with E-state index in [0.29, 0.717) is 23.0 Å². The van der Waals surface area contributed by atoms with Crippen LogP contribution in [0.4, 0.5) is 0 Å². The number of hydrogen-bond acceptors (Lipinski definition) is 4. The number of aromatic amines is 1. The van der Waals surface area contributed by atoms with Gasteiger partial charge < -0.3 is 0 Å². The van der Waals surface area contributed by atoms with E-state index in [4.69, 9.17) is 16.3 Å². The molecule has 0 bridgehead atoms. The molecule has 0 fully saturated rings. The SMILES string of the molecule is [O+]#[S-](NC(CO)Cc1c[nH]c2ccccc12)C1=CC(c2ccc(Cl)cc2)CC2=C1OCC2. The first-order chi connectivity index (χ1) is 15.6. The minimum atomic E-state index is -1.51. The van der Waals surface area contributed by atoms with E-state index in [9.17, 15) is 9.15 Å². The Labute approximate surface area is 194 Å². The summed E-state index contributed by atoms with van der Waals surface area (Å²) in [6, 6.07) is 15.5. The van der Waals surface area contributed by atoms with E-state index in [1.165, 1.54) is 5.57 Å². The van der Waals surface area contributed by atoms with Crippen molar-refractivity contribution < 1.29 is 13.9 Å². The predicted molar refractivity (Wildman–Crippen MR) is 129 cm³/mol. The number of fused-ring (bicyclic) bond motifs is 1. The third-order valence-corrected chi connectivity index (χ3v) is 7.67. The fourth-order valence-electron chi connectivity index (χ4n) is 4.51. The van der Waals surface area contributed by atoms with Crippen LogP contribution >= 0.6 is 11.6 Å². The zero-order valence-corrected chi connectivity index (χ0v) is 19.1. The number of halogens is 1. The van der Waals surface area contributed by atoms with Crippen molar-refractivity contribution in [2.45, 2.75) is 31.2 Å². The molecule has 3 aromatic rings. The van der Waals surface area contributed by atoms with Gasteiger partial charge in [0.2, 0.25) is 0 Å². The topological polar surface area (TPSA) is 77.2 Å². The van der Waals surface area contributed by atoms with E-state index in [2.05, 4.69) is 15.8 Å². The summed E-state index contributed by atoms with van der Waals surface area (Å²) in [6.07, 6.45) is 6.27. The van der Waals surface area contributed by atoms with Crippen LogP contribution in [0.15, 0.2) is 77.0 Å². The van der Waals surface area contributed by atoms with Crippen molar-refractivity contribution in [3.8, 4) is 0 Å². The van der Waals surface area contributed by atoms with Gasteiger partial charge in [-0.2, -0.15) is 0 Å². The number of aliphatic hydroxyl groups excluding tert-OH is 1. The summed E-state index contributed by atoms with van der Waals surface area (Å²) >= 11 is 6.06. The normalized spacial score (nSPS) is 19.2. The first-order valence-electron chi connectivity index (χ1n) is 10.8. The quantitative estimate of drug-likeness (QED) is 0.366. The van der Waals surface area contributed by atoms with Gasteiger partial charge in [-0.15, -0.1) is 0 Å². The summed E-state index contributed by atoms with van der Waals surface area (Å²) in [5, 5.41) is 11.8. The van der Waals surface area contributed by atoms with Crippen molar-refractivity contribution in [3.05, 3.63) is 93.2 Å². The first-order valence-corrected chi connectivity index (χ1v) is 12.3. The van der Waals surface area contributed by atoms with Gasteiger partial charge in [0.25, 0.3) is 0 Å². The molecule has 0 saturated carbocycles. The molecule has 1 aromatic heterocycles. The number of hydrogen-bond donors (Lipinski definition) is 3. The Kier molecular flexibility index (Phi) is 6.31. The molecule has 2 atom stereocenters. The van der Waals surface area contributed by atoms with Crippen LogP contribution in [-0.4, -0.2) is 29.3 Å². The Hall–Kier alpha value is -2.22. The summed E-state index contributed by atoms with van der Waals surface area (Å²) in [4.78, 5) is 3.93. The van der Waals surface area contributed by atoms with Gasteiger partial charge in [-0.25, -0.2) is 0 Å². The molecule has 2 unspecified atom stereocenters. The third-order valence-electron chi connectivity index (χ3n) is 6.15. The van der Waals surface area contributed by atoms with Crippen LogP contribution in [0.2, 0.25) is 5.02 Å². The van der Waals surface area contributed by atoms with Crippen molar-refractivity contribution in [1.29, 1.82) is 0 Å². The van der Waals surface area contributed by atoms with E-state index in [0.717, 1.165) is 40.6 Å². The molecule has 1 aliphatic carbocycles. The molecule has 7 heteroatoms. The molecule has 166 valence electrons. The second-order valence-corrected chi connectivity index (χ2v) is 9.90. The van der Waals surface area contributed by atoms with E-state index in [1.54, 1.807) is 0 Å². The summed E-state index contributed by atoms with van der Waals surface area (Å²) in [5.41, 5.74) is 4.47. The fourth-order valence-corrected chi connectivity index (χ4v) is 5.88. The molecule has 32 heavy (non-hydrogen) atoms. The molecule has 2 aliphatic rings. The van der Waals surface area contributed by atoms with Crippen molar-refractivity contribution in [1.82, 2.24) is 9.71 Å². The molecule has 1 aliphatic heterocycles. The Bertz CT molecular complexity index is 1270. The summed E-state index contributed by atoms with van der Waals surface area (Å²) in [5.74, 6) is 0.875. The molecule has 0 amide bonds. The maximum absolute atomic E-state index is 13.4. The van der Waals surface area contributed by atoms with Gasteiger partial charge >= 0.3 is 195 Å². The van der Waals surface area contributed by atoms with E-state index < -0.39 is 10.8 Å². The van der Waals surface area contributed by atoms with Gasteiger partial charge in [-0.05, 0) is 0 Å². The average Bonchev–Trinajstić information content (AvgIpc) is 3.45. The standard InChI is InChI=1S/C25H25ClN2O3S/c26-20-7-5-16(6-8-20)18-11-17-9-10-31-25(17)24(13-18)32(30)28-21(15-29)12-19-14-27-23-4-2-1-3-22(19)23/h1-8,13-14,18,21,27-29H,9-12,15H2. The van der Waals surface area contributed by atoms with E-state index >= 15 is 0 Å². The van der Waals surface area contributed by atoms with Gasteiger partial charge in [0, 0.05) is 0 Å². The molecular formula is C25H25ClN2O3S. The molecule has 5 rings (SSSR count). The van der Waals surface area contributed by atoms with Gasteiger partial charge in [0.15, 0.2) is 0 Å². The molecule has 0 radical (unpaired) electrons. The zero-order valence-electron chi connectivity index (χ0n) is 17.5. The number of rotatable bonds is 5. The Morgan fingerprint density at radius 2 is 2.03 bits per heavy atom. The number of ether oxygens (including phenoxy) is 1. The van der Waals surface area contributed by atoms with Crippen molar-refractivity contribution in [2.24, 2.45) is 0 Å². The Morgan fingerprint density at radius 1 is 1.22 bits per heavy atom. The molecule has 0 saturated heterocycles. The Morgan fingerprint density at radius 3 is 2.84 bits per heavy atom. The van der Waals surface area contributed by atoms with Crippen LogP contribution in [0, 0.1) is 0 Å². The summed E-state index contributed by atoms with van der Waals surface area (Å²) in [6.45, 7) is 0.497. The van der Waals surface area contributed by atoms with Crippen LogP contribution < -0.4 is 4.72 Å². The molecule has 5 nitrogen and oxygen atoms in total. The number of benzene rings is 2. The van der Waals surface area contributed by atoms with Crippen molar-refractivity contribution in [2.75, 3.05) is 13.2 Å². The monoisotopic (exact) mass is 468 g/mol. The minimum absolute atomic E-state index is 0.119. The maximum atomic E-state index is 13.4.